The fourth-order valence-electron chi connectivity index (χ4n) is 3.05. The van der Waals surface area contributed by atoms with Crippen LogP contribution < -0.4 is 10.1 Å². The smallest absolute Gasteiger partial charge is 0.262 e. The van der Waals surface area contributed by atoms with Gasteiger partial charge in [-0.15, -0.1) is 11.8 Å². The molecule has 1 aliphatic heterocycles. The minimum atomic E-state index is -3.57. The number of piperidine rings is 1. The maximum Gasteiger partial charge on any atom is 0.262 e. The van der Waals surface area contributed by atoms with Gasteiger partial charge in [-0.1, -0.05) is 24.1 Å². The summed E-state index contributed by atoms with van der Waals surface area (Å²) in [6.45, 7) is 0.813. The molecule has 9 heteroatoms. The minimum absolute atomic E-state index is 0.134. The molecule has 1 fully saturated rings. The number of ether oxygens (including phenoxy) is 1. The summed E-state index contributed by atoms with van der Waals surface area (Å²) >= 11 is 7.80. The zero-order valence-electron chi connectivity index (χ0n) is 16.1. The molecule has 156 valence electrons. The Bertz CT molecular complexity index is 976. The van der Waals surface area contributed by atoms with E-state index in [0.717, 1.165) is 24.2 Å². The highest BCUT2D eigenvalue weighted by atomic mass is 35.5. The molecule has 1 aliphatic rings. The van der Waals surface area contributed by atoms with E-state index in [1.165, 1.54) is 22.5 Å². The number of benzene rings is 2. The van der Waals surface area contributed by atoms with Gasteiger partial charge in [0.25, 0.3) is 5.91 Å². The molecule has 1 amide bonds. The lowest BCUT2D eigenvalue weighted by Gasteiger charge is -2.26. The van der Waals surface area contributed by atoms with Crippen molar-refractivity contribution in [2.75, 3.05) is 31.3 Å². The van der Waals surface area contributed by atoms with Crippen molar-refractivity contribution in [1.29, 1.82) is 0 Å². The summed E-state index contributed by atoms with van der Waals surface area (Å²) in [6, 6.07) is 11.8. The highest BCUT2D eigenvalue weighted by Gasteiger charge is 2.26. The number of nitrogens with zero attached hydrogens (tertiary/aromatic N) is 1. The molecule has 0 saturated carbocycles. The van der Waals surface area contributed by atoms with Gasteiger partial charge in [0.15, 0.2) is 6.61 Å². The van der Waals surface area contributed by atoms with Crippen LogP contribution in [-0.4, -0.2) is 44.6 Å². The Morgan fingerprint density at radius 1 is 1.17 bits per heavy atom. The van der Waals surface area contributed by atoms with Crippen molar-refractivity contribution < 1.29 is 17.9 Å². The van der Waals surface area contributed by atoms with E-state index in [-0.39, 0.29) is 28.2 Å². The summed E-state index contributed by atoms with van der Waals surface area (Å²) in [5.74, 6) is -0.0680. The molecule has 0 spiro atoms. The monoisotopic (exact) mass is 454 g/mol. The number of thioether (sulfide) groups is 1. The zero-order valence-corrected chi connectivity index (χ0v) is 18.4. The maximum absolute atomic E-state index is 12.7. The molecule has 0 radical (unpaired) electrons. The van der Waals surface area contributed by atoms with Gasteiger partial charge in [0.2, 0.25) is 10.0 Å². The van der Waals surface area contributed by atoms with E-state index >= 15 is 0 Å². The van der Waals surface area contributed by atoms with Gasteiger partial charge in [-0.3, -0.25) is 4.79 Å². The van der Waals surface area contributed by atoms with E-state index in [4.69, 9.17) is 16.3 Å². The van der Waals surface area contributed by atoms with Gasteiger partial charge in [-0.2, -0.15) is 4.31 Å². The number of rotatable bonds is 7. The molecule has 29 heavy (non-hydrogen) atoms. The second-order valence-electron chi connectivity index (χ2n) is 6.63. The summed E-state index contributed by atoms with van der Waals surface area (Å²) in [5.41, 5.74) is 0.680. The van der Waals surface area contributed by atoms with E-state index in [1.807, 2.05) is 24.5 Å². The predicted octanol–water partition coefficient (Wildman–Crippen LogP) is 4.25. The first-order chi connectivity index (χ1) is 13.9. The van der Waals surface area contributed by atoms with E-state index in [1.54, 1.807) is 17.8 Å². The van der Waals surface area contributed by atoms with E-state index < -0.39 is 10.0 Å². The highest BCUT2D eigenvalue weighted by Crippen LogP contribution is 2.29. The van der Waals surface area contributed by atoms with Gasteiger partial charge in [0, 0.05) is 23.7 Å². The number of nitrogens with one attached hydrogen (secondary N) is 1. The minimum Gasteiger partial charge on any atom is -0.482 e. The Morgan fingerprint density at radius 2 is 1.93 bits per heavy atom. The molecule has 0 aliphatic carbocycles. The standard InChI is InChI=1S/C20H23ClN2O4S2/c1-28-16-7-5-6-15(12-16)22-20(24)14-27-19-9-8-17(13-18(19)21)29(25,26)23-10-3-2-4-11-23/h5-9,12-13H,2-4,10-11,14H2,1H3,(H,22,24). The van der Waals surface area contributed by atoms with Crippen molar-refractivity contribution in [1.82, 2.24) is 4.31 Å². The zero-order chi connectivity index (χ0) is 20.9. The topological polar surface area (TPSA) is 75.7 Å². The molecule has 3 rings (SSSR count). The maximum atomic E-state index is 12.7. The van der Waals surface area contributed by atoms with Crippen LogP contribution in [0.4, 0.5) is 5.69 Å². The van der Waals surface area contributed by atoms with Crippen LogP contribution >= 0.6 is 23.4 Å². The molecule has 0 bridgehead atoms. The molecule has 0 unspecified atom stereocenters. The summed E-state index contributed by atoms with van der Waals surface area (Å²) in [4.78, 5) is 13.3. The van der Waals surface area contributed by atoms with E-state index in [0.29, 0.717) is 18.8 Å². The van der Waals surface area contributed by atoms with Crippen molar-refractivity contribution in [2.45, 2.75) is 29.1 Å². The molecule has 1 heterocycles. The van der Waals surface area contributed by atoms with E-state index in [9.17, 15) is 13.2 Å². The number of amides is 1. The van der Waals surface area contributed by atoms with Crippen LogP contribution in [0.25, 0.3) is 0 Å². The van der Waals surface area contributed by atoms with Crippen LogP contribution in [0.1, 0.15) is 19.3 Å². The van der Waals surface area contributed by atoms with E-state index in [2.05, 4.69) is 5.32 Å². The van der Waals surface area contributed by atoms with Crippen LogP contribution in [0.2, 0.25) is 5.02 Å². The van der Waals surface area contributed by atoms with Crippen molar-refractivity contribution in [3.05, 3.63) is 47.5 Å². The molecule has 1 saturated heterocycles. The predicted molar refractivity (Wildman–Crippen MR) is 116 cm³/mol. The average molecular weight is 455 g/mol. The molecular weight excluding hydrogens is 432 g/mol. The van der Waals surface area contributed by atoms with Gasteiger partial charge in [-0.25, -0.2) is 8.42 Å². The Morgan fingerprint density at radius 3 is 2.62 bits per heavy atom. The van der Waals surface area contributed by atoms with Crippen LogP contribution in [0.15, 0.2) is 52.3 Å². The first kappa shape index (κ1) is 22.0. The number of carbonyl (C=O) groups excluding carboxylic acids is 1. The normalized spacial score (nSPS) is 15.1. The lowest BCUT2D eigenvalue weighted by molar-refractivity contribution is -0.118. The molecule has 1 N–H and O–H groups in total. The molecular formula is C20H23ClN2O4S2. The molecule has 0 aromatic heterocycles. The summed E-state index contributed by atoms with van der Waals surface area (Å²) < 4.78 is 32.4. The Hall–Kier alpha value is -1.74. The number of hydrogen-bond donors (Lipinski definition) is 1. The Kier molecular flexibility index (Phi) is 7.45. The second-order valence-corrected chi connectivity index (χ2v) is 9.85. The molecule has 2 aromatic rings. The van der Waals surface area contributed by atoms with Gasteiger partial charge in [0.1, 0.15) is 5.75 Å². The fraction of sp³-hybridized carbons (Fsp3) is 0.350. The Balaban J connectivity index is 1.62. The summed E-state index contributed by atoms with van der Waals surface area (Å²) in [7, 11) is -3.57. The van der Waals surface area contributed by atoms with Crippen molar-refractivity contribution in [3.8, 4) is 5.75 Å². The average Bonchev–Trinajstić information content (AvgIpc) is 2.73. The fourth-order valence-corrected chi connectivity index (χ4v) is 5.36. The third-order valence-electron chi connectivity index (χ3n) is 4.57. The van der Waals surface area contributed by atoms with Gasteiger partial charge in [0.05, 0.1) is 9.92 Å². The van der Waals surface area contributed by atoms with Crippen LogP contribution in [0.3, 0.4) is 0 Å². The summed E-state index contributed by atoms with van der Waals surface area (Å²) in [5, 5.41) is 2.92. The first-order valence-corrected chi connectivity index (χ1v) is 12.3. The third-order valence-corrected chi connectivity index (χ3v) is 7.48. The Labute approximate surface area is 180 Å². The quantitative estimate of drug-likeness (QED) is 0.633. The number of carbonyl (C=O) groups is 1. The van der Waals surface area contributed by atoms with Crippen molar-refractivity contribution in [2.24, 2.45) is 0 Å². The highest BCUT2D eigenvalue weighted by molar-refractivity contribution is 7.98. The van der Waals surface area contributed by atoms with Crippen LogP contribution in [-0.2, 0) is 14.8 Å². The number of hydrogen-bond acceptors (Lipinski definition) is 5. The van der Waals surface area contributed by atoms with Gasteiger partial charge in [-0.05, 0) is 55.5 Å². The largest absolute Gasteiger partial charge is 0.482 e. The van der Waals surface area contributed by atoms with Crippen LogP contribution in [0.5, 0.6) is 5.75 Å². The molecule has 0 atom stereocenters. The summed E-state index contributed by atoms with van der Waals surface area (Å²) in [6.07, 6.45) is 4.73. The number of sulfonamides is 1. The third kappa shape index (κ3) is 5.66. The number of halogens is 1. The lowest BCUT2D eigenvalue weighted by Crippen LogP contribution is -2.35. The molecule has 2 aromatic carbocycles. The second kappa shape index (κ2) is 9.84. The van der Waals surface area contributed by atoms with Gasteiger partial charge >= 0.3 is 0 Å². The number of anilines is 1. The van der Waals surface area contributed by atoms with Gasteiger partial charge < -0.3 is 10.1 Å². The SMILES string of the molecule is CSc1cccc(NC(=O)COc2ccc(S(=O)(=O)N3CCCCC3)cc2Cl)c1. The van der Waals surface area contributed by atoms with Crippen molar-refractivity contribution in [3.63, 3.8) is 0 Å². The van der Waals surface area contributed by atoms with Crippen molar-refractivity contribution >= 4 is 45.0 Å². The lowest BCUT2D eigenvalue weighted by atomic mass is 10.2. The van der Waals surface area contributed by atoms with Crippen LogP contribution in [0, 0.1) is 0 Å². The molecule has 6 nitrogen and oxygen atoms in total. The first-order valence-electron chi connectivity index (χ1n) is 9.26.